The van der Waals surface area contributed by atoms with Gasteiger partial charge in [0.05, 0.1) is 0 Å². The fraction of sp³-hybridized carbons (Fsp3) is 0. The highest BCUT2D eigenvalue weighted by Gasteiger charge is 2.04. The second kappa shape index (κ2) is 4.19. The number of fused-ring (bicyclic) bond motifs is 1. The van der Waals surface area contributed by atoms with Crippen LogP contribution in [0.1, 0.15) is 10.4 Å². The van der Waals surface area contributed by atoms with E-state index in [9.17, 15) is 4.79 Å². The number of hydrogen-bond donors (Lipinski definition) is 0. The molecule has 0 N–H and O–H groups in total. The maximum atomic E-state index is 10.8. The molecule has 0 radical (unpaired) electrons. The van der Waals surface area contributed by atoms with Crippen LogP contribution in [0.4, 0.5) is 0 Å². The topological polar surface area (TPSA) is 26.3 Å². The molecule has 0 aromatic heterocycles. The Hall–Kier alpha value is -1.74. The molecule has 74 valence electrons. The molecule has 15 heavy (non-hydrogen) atoms. The molecule has 0 bridgehead atoms. The predicted molar refractivity (Wildman–Crippen MR) is 63.6 cm³/mol. The Kier molecular flexibility index (Phi) is 2.74. The molecule has 2 rings (SSSR count). The van der Waals surface area contributed by atoms with Gasteiger partial charge in [-0.15, -0.1) is 0 Å². The van der Waals surface area contributed by atoms with Crippen molar-refractivity contribution in [3.63, 3.8) is 0 Å². The van der Waals surface area contributed by atoms with Crippen LogP contribution >= 0.6 is 12.2 Å². The number of benzene rings is 2. The van der Waals surface area contributed by atoms with E-state index in [1.54, 1.807) is 12.1 Å². The van der Waals surface area contributed by atoms with Gasteiger partial charge in [0.2, 0.25) is 0 Å². The standard InChI is InChI=1S/C12H8O2S/c13-7-9-5-6-12(14-8-15)11-4-2-1-3-10(9)11/h1-8H. The second-order valence-electron chi connectivity index (χ2n) is 3.03. The van der Waals surface area contributed by atoms with E-state index in [4.69, 9.17) is 4.74 Å². The smallest absolute Gasteiger partial charge is 0.154 e. The van der Waals surface area contributed by atoms with Gasteiger partial charge in [-0.1, -0.05) is 24.3 Å². The van der Waals surface area contributed by atoms with Crippen molar-refractivity contribution in [3.8, 4) is 5.75 Å². The lowest BCUT2D eigenvalue weighted by Crippen LogP contribution is -1.90. The maximum Gasteiger partial charge on any atom is 0.154 e. The molecule has 2 nitrogen and oxygen atoms in total. The molecule has 0 fully saturated rings. The zero-order valence-corrected chi connectivity index (χ0v) is 8.66. The lowest BCUT2D eigenvalue weighted by molar-refractivity contribution is 0.112. The number of carbonyl (C=O) groups excluding carboxylic acids is 1. The average molecular weight is 216 g/mol. The minimum Gasteiger partial charge on any atom is -0.453 e. The van der Waals surface area contributed by atoms with Crippen molar-refractivity contribution in [1.29, 1.82) is 0 Å². The van der Waals surface area contributed by atoms with Crippen LogP contribution in [0.25, 0.3) is 10.8 Å². The minimum absolute atomic E-state index is 0.655. The van der Waals surface area contributed by atoms with E-state index in [2.05, 4.69) is 12.2 Å². The molecular formula is C12H8O2S. The summed E-state index contributed by atoms with van der Waals surface area (Å²) in [6, 6.07) is 11.0. The third-order valence-electron chi connectivity index (χ3n) is 2.22. The number of ether oxygens (including phenoxy) is 1. The summed E-state index contributed by atoms with van der Waals surface area (Å²) in [4.78, 5) is 10.8. The molecule has 0 saturated heterocycles. The van der Waals surface area contributed by atoms with Gasteiger partial charge in [-0.3, -0.25) is 4.79 Å². The number of aldehydes is 1. The van der Waals surface area contributed by atoms with Crippen LogP contribution in [0, 0.1) is 0 Å². The second-order valence-corrected chi connectivity index (χ2v) is 3.22. The number of rotatable bonds is 3. The third-order valence-corrected chi connectivity index (χ3v) is 2.32. The van der Waals surface area contributed by atoms with Crippen LogP contribution in [0.15, 0.2) is 36.4 Å². The van der Waals surface area contributed by atoms with E-state index >= 15 is 0 Å². The van der Waals surface area contributed by atoms with Crippen LogP contribution in [0.5, 0.6) is 5.75 Å². The molecule has 2 aromatic carbocycles. The monoisotopic (exact) mass is 216 g/mol. The summed E-state index contributed by atoms with van der Waals surface area (Å²) < 4.78 is 5.19. The van der Waals surface area contributed by atoms with Crippen molar-refractivity contribution in [3.05, 3.63) is 42.0 Å². The third kappa shape index (κ3) is 1.74. The summed E-state index contributed by atoms with van der Waals surface area (Å²) in [5.74, 6) is 0.672. The average Bonchev–Trinajstić information content (AvgIpc) is 2.30. The van der Waals surface area contributed by atoms with Crippen LogP contribution in [-0.4, -0.2) is 11.8 Å². The molecule has 0 aliphatic rings. The summed E-state index contributed by atoms with van der Waals surface area (Å²) in [7, 11) is 0. The van der Waals surface area contributed by atoms with E-state index < -0.39 is 0 Å². The van der Waals surface area contributed by atoms with Gasteiger partial charge in [-0.05, 0) is 29.7 Å². The highest BCUT2D eigenvalue weighted by molar-refractivity contribution is 7.78. The Morgan fingerprint density at radius 1 is 1.07 bits per heavy atom. The molecular weight excluding hydrogens is 208 g/mol. The van der Waals surface area contributed by atoms with E-state index in [0.29, 0.717) is 11.3 Å². The highest BCUT2D eigenvalue weighted by atomic mass is 32.1. The van der Waals surface area contributed by atoms with E-state index in [1.807, 2.05) is 24.3 Å². The van der Waals surface area contributed by atoms with Gasteiger partial charge >= 0.3 is 0 Å². The minimum atomic E-state index is 0.655. The van der Waals surface area contributed by atoms with Crippen molar-refractivity contribution >= 4 is 34.8 Å². The number of thiocarbonyl (C=S) groups is 1. The molecule has 0 atom stereocenters. The zero-order valence-electron chi connectivity index (χ0n) is 7.84. The van der Waals surface area contributed by atoms with Crippen LogP contribution < -0.4 is 4.74 Å². The molecule has 0 saturated carbocycles. The summed E-state index contributed by atoms with van der Waals surface area (Å²) in [5.41, 5.74) is 1.87. The van der Waals surface area contributed by atoms with Gasteiger partial charge in [-0.2, -0.15) is 0 Å². The Morgan fingerprint density at radius 2 is 1.80 bits per heavy atom. The maximum absolute atomic E-state index is 10.8. The molecule has 0 unspecified atom stereocenters. The van der Waals surface area contributed by atoms with Crippen LogP contribution in [0.3, 0.4) is 0 Å². The number of hydrogen-bond acceptors (Lipinski definition) is 3. The summed E-state index contributed by atoms with van der Waals surface area (Å²) in [6.45, 7) is 0. The molecule has 0 heterocycles. The molecule has 2 aromatic rings. The Balaban J connectivity index is 2.76. The first-order valence-electron chi connectivity index (χ1n) is 4.44. The SMILES string of the molecule is O=Cc1ccc(OC=S)c2ccccc12. The molecule has 0 aliphatic heterocycles. The Morgan fingerprint density at radius 3 is 2.47 bits per heavy atom. The fourth-order valence-corrected chi connectivity index (χ4v) is 1.66. The lowest BCUT2D eigenvalue weighted by atomic mass is 10.0. The van der Waals surface area contributed by atoms with E-state index in [1.165, 1.54) is 5.55 Å². The first-order valence-corrected chi connectivity index (χ1v) is 4.91. The van der Waals surface area contributed by atoms with Crippen LogP contribution in [0.2, 0.25) is 0 Å². The van der Waals surface area contributed by atoms with Gasteiger partial charge < -0.3 is 4.74 Å². The van der Waals surface area contributed by atoms with Gasteiger partial charge in [-0.25, -0.2) is 0 Å². The normalized spacial score (nSPS) is 9.87. The zero-order chi connectivity index (χ0) is 10.7. The van der Waals surface area contributed by atoms with Crippen molar-refractivity contribution in [2.75, 3.05) is 0 Å². The molecule has 0 aliphatic carbocycles. The molecule has 3 heteroatoms. The summed E-state index contributed by atoms with van der Waals surface area (Å²) >= 11 is 4.64. The van der Waals surface area contributed by atoms with Gasteiger partial charge in [0.25, 0.3) is 0 Å². The lowest BCUT2D eigenvalue weighted by Gasteiger charge is -2.06. The van der Waals surface area contributed by atoms with E-state index in [0.717, 1.165) is 17.1 Å². The Labute approximate surface area is 92.5 Å². The Bertz CT molecular complexity index is 520. The van der Waals surface area contributed by atoms with Gasteiger partial charge in [0.1, 0.15) is 5.75 Å². The quantitative estimate of drug-likeness (QED) is 0.582. The van der Waals surface area contributed by atoms with Crippen molar-refractivity contribution in [1.82, 2.24) is 0 Å². The molecule has 0 spiro atoms. The first-order chi connectivity index (χ1) is 7.36. The summed E-state index contributed by atoms with van der Waals surface area (Å²) in [5, 5.41) is 1.77. The van der Waals surface area contributed by atoms with Gasteiger partial charge in [0.15, 0.2) is 11.8 Å². The van der Waals surface area contributed by atoms with Crippen molar-refractivity contribution in [2.24, 2.45) is 0 Å². The number of carbonyl (C=O) groups is 1. The van der Waals surface area contributed by atoms with Crippen LogP contribution in [-0.2, 0) is 0 Å². The van der Waals surface area contributed by atoms with E-state index in [-0.39, 0.29) is 0 Å². The highest BCUT2D eigenvalue weighted by Crippen LogP contribution is 2.27. The largest absolute Gasteiger partial charge is 0.453 e. The first kappa shape index (κ1) is 9.80. The summed E-state index contributed by atoms with van der Waals surface area (Å²) in [6.07, 6.45) is 0.837. The fourth-order valence-electron chi connectivity index (χ4n) is 1.55. The van der Waals surface area contributed by atoms with Crippen molar-refractivity contribution in [2.45, 2.75) is 0 Å². The van der Waals surface area contributed by atoms with Gasteiger partial charge in [0, 0.05) is 10.9 Å². The molecule has 0 amide bonds. The van der Waals surface area contributed by atoms with Crippen molar-refractivity contribution < 1.29 is 9.53 Å². The predicted octanol–water partition coefficient (Wildman–Crippen LogP) is 2.99.